The van der Waals surface area contributed by atoms with E-state index in [2.05, 4.69) is 23.6 Å². The van der Waals surface area contributed by atoms with Crippen molar-refractivity contribution in [1.29, 1.82) is 0 Å². The van der Waals surface area contributed by atoms with Gasteiger partial charge in [-0.05, 0) is 45.1 Å². The highest BCUT2D eigenvalue weighted by atomic mass is 16.2. The number of piperidine rings is 1. The fourth-order valence-electron chi connectivity index (χ4n) is 4.21. The minimum atomic E-state index is 0.317. The predicted molar refractivity (Wildman–Crippen MR) is 87.1 cm³/mol. The van der Waals surface area contributed by atoms with Gasteiger partial charge in [-0.15, -0.1) is 0 Å². The molecule has 1 heterocycles. The Morgan fingerprint density at radius 2 is 1.90 bits per heavy atom. The van der Waals surface area contributed by atoms with Crippen LogP contribution in [0.4, 0.5) is 0 Å². The van der Waals surface area contributed by atoms with Crippen LogP contribution in [-0.4, -0.2) is 54.0 Å². The molecule has 0 aromatic carbocycles. The summed E-state index contributed by atoms with van der Waals surface area (Å²) in [5.74, 6) is 0.929. The van der Waals surface area contributed by atoms with E-state index in [1.54, 1.807) is 0 Å². The summed E-state index contributed by atoms with van der Waals surface area (Å²) in [5, 5.41) is 0. The maximum atomic E-state index is 12.8. The zero-order valence-electron chi connectivity index (χ0n) is 13.9. The lowest BCUT2D eigenvalue weighted by Crippen LogP contribution is -2.53. The van der Waals surface area contributed by atoms with Gasteiger partial charge in [0.05, 0.1) is 6.54 Å². The van der Waals surface area contributed by atoms with Crippen LogP contribution >= 0.6 is 0 Å². The van der Waals surface area contributed by atoms with E-state index in [1.807, 2.05) is 0 Å². The molecule has 4 heteroatoms. The van der Waals surface area contributed by atoms with Crippen molar-refractivity contribution in [3.05, 3.63) is 0 Å². The highest BCUT2D eigenvalue weighted by Gasteiger charge is 2.31. The van der Waals surface area contributed by atoms with E-state index in [1.165, 1.54) is 44.9 Å². The first kappa shape index (κ1) is 16.8. The SMILES string of the molecule is CCN(C(=O)CN1CCCC(C)C1CN)C1CCCCC1. The molecule has 1 amide bonds. The number of amides is 1. The molecule has 1 saturated heterocycles. The van der Waals surface area contributed by atoms with E-state index < -0.39 is 0 Å². The third kappa shape index (κ3) is 4.19. The Bertz CT molecular complexity index is 328. The van der Waals surface area contributed by atoms with Crippen molar-refractivity contribution in [2.45, 2.75) is 70.9 Å². The molecule has 0 spiro atoms. The number of carbonyl (C=O) groups excluding carboxylic acids is 1. The molecule has 4 nitrogen and oxygen atoms in total. The second-order valence-corrected chi connectivity index (χ2v) is 6.86. The number of nitrogens with two attached hydrogens (primary N) is 1. The lowest BCUT2D eigenvalue weighted by molar-refractivity contribution is -0.136. The van der Waals surface area contributed by atoms with Crippen molar-refractivity contribution in [2.75, 3.05) is 26.2 Å². The first-order chi connectivity index (χ1) is 10.2. The van der Waals surface area contributed by atoms with Crippen LogP contribution in [0.25, 0.3) is 0 Å². The number of hydrogen-bond donors (Lipinski definition) is 1. The van der Waals surface area contributed by atoms with Crippen molar-refractivity contribution in [1.82, 2.24) is 9.80 Å². The molecule has 122 valence electrons. The average Bonchev–Trinajstić information content (AvgIpc) is 2.49. The summed E-state index contributed by atoms with van der Waals surface area (Å²) in [5.41, 5.74) is 5.94. The molecule has 0 aromatic heterocycles. The van der Waals surface area contributed by atoms with Gasteiger partial charge in [0.1, 0.15) is 0 Å². The van der Waals surface area contributed by atoms with Crippen LogP contribution in [0.5, 0.6) is 0 Å². The number of rotatable bonds is 5. The molecule has 2 unspecified atom stereocenters. The topological polar surface area (TPSA) is 49.6 Å². The quantitative estimate of drug-likeness (QED) is 0.846. The molecule has 2 atom stereocenters. The predicted octanol–water partition coefficient (Wildman–Crippen LogP) is 2.23. The van der Waals surface area contributed by atoms with Crippen molar-refractivity contribution in [3.63, 3.8) is 0 Å². The van der Waals surface area contributed by atoms with Gasteiger partial charge in [-0.3, -0.25) is 9.69 Å². The molecular formula is C17H33N3O. The number of nitrogens with zero attached hydrogens (tertiary/aromatic N) is 2. The van der Waals surface area contributed by atoms with Crippen LogP contribution in [0, 0.1) is 5.92 Å². The highest BCUT2D eigenvalue weighted by molar-refractivity contribution is 5.78. The Labute approximate surface area is 130 Å². The Morgan fingerprint density at radius 1 is 1.19 bits per heavy atom. The van der Waals surface area contributed by atoms with Gasteiger partial charge < -0.3 is 10.6 Å². The molecule has 1 aliphatic carbocycles. The van der Waals surface area contributed by atoms with E-state index in [9.17, 15) is 4.79 Å². The lowest BCUT2D eigenvalue weighted by Gasteiger charge is -2.41. The molecule has 2 fully saturated rings. The van der Waals surface area contributed by atoms with Gasteiger partial charge in [-0.1, -0.05) is 26.2 Å². The Balaban J connectivity index is 1.94. The van der Waals surface area contributed by atoms with E-state index >= 15 is 0 Å². The van der Waals surface area contributed by atoms with Gasteiger partial charge in [-0.25, -0.2) is 0 Å². The molecule has 0 radical (unpaired) electrons. The van der Waals surface area contributed by atoms with Crippen LogP contribution in [0.3, 0.4) is 0 Å². The lowest BCUT2D eigenvalue weighted by atomic mass is 9.90. The van der Waals surface area contributed by atoms with E-state index in [0.717, 1.165) is 13.1 Å². The monoisotopic (exact) mass is 295 g/mol. The van der Waals surface area contributed by atoms with Crippen LogP contribution in [-0.2, 0) is 4.79 Å². The summed E-state index contributed by atoms with van der Waals surface area (Å²) in [7, 11) is 0. The van der Waals surface area contributed by atoms with Gasteiger partial charge in [-0.2, -0.15) is 0 Å². The van der Waals surface area contributed by atoms with Crippen molar-refractivity contribution < 1.29 is 4.79 Å². The van der Waals surface area contributed by atoms with E-state index in [0.29, 0.717) is 37.0 Å². The summed E-state index contributed by atoms with van der Waals surface area (Å²) in [4.78, 5) is 17.2. The Kier molecular flexibility index (Phi) is 6.49. The minimum absolute atomic E-state index is 0.317. The molecule has 2 N–H and O–H groups in total. The summed E-state index contributed by atoms with van der Waals surface area (Å²) >= 11 is 0. The molecule has 0 aromatic rings. The van der Waals surface area contributed by atoms with Crippen LogP contribution in [0.2, 0.25) is 0 Å². The fourth-order valence-corrected chi connectivity index (χ4v) is 4.21. The number of hydrogen-bond acceptors (Lipinski definition) is 3. The first-order valence-corrected chi connectivity index (χ1v) is 8.91. The van der Waals surface area contributed by atoms with Gasteiger partial charge in [0, 0.05) is 25.2 Å². The maximum absolute atomic E-state index is 12.8. The van der Waals surface area contributed by atoms with E-state index in [-0.39, 0.29) is 0 Å². The Hall–Kier alpha value is -0.610. The zero-order chi connectivity index (χ0) is 15.2. The Morgan fingerprint density at radius 3 is 2.52 bits per heavy atom. The summed E-state index contributed by atoms with van der Waals surface area (Å²) in [6.45, 7) is 7.50. The largest absolute Gasteiger partial charge is 0.339 e. The molecule has 1 aliphatic heterocycles. The van der Waals surface area contributed by atoms with Gasteiger partial charge >= 0.3 is 0 Å². The van der Waals surface area contributed by atoms with Crippen molar-refractivity contribution in [3.8, 4) is 0 Å². The maximum Gasteiger partial charge on any atom is 0.236 e. The fraction of sp³-hybridized carbons (Fsp3) is 0.941. The van der Waals surface area contributed by atoms with Gasteiger partial charge in [0.25, 0.3) is 0 Å². The van der Waals surface area contributed by atoms with Gasteiger partial charge in [0.15, 0.2) is 0 Å². The average molecular weight is 295 g/mol. The third-order valence-corrected chi connectivity index (χ3v) is 5.49. The molecule has 2 rings (SSSR count). The summed E-state index contributed by atoms with van der Waals surface area (Å²) < 4.78 is 0. The van der Waals surface area contributed by atoms with E-state index in [4.69, 9.17) is 5.73 Å². The number of carbonyl (C=O) groups is 1. The molecular weight excluding hydrogens is 262 g/mol. The van der Waals surface area contributed by atoms with Gasteiger partial charge in [0.2, 0.25) is 5.91 Å². The first-order valence-electron chi connectivity index (χ1n) is 8.91. The number of likely N-dealkylation sites (tertiary alicyclic amines) is 1. The second kappa shape index (κ2) is 8.14. The smallest absolute Gasteiger partial charge is 0.236 e. The third-order valence-electron chi connectivity index (χ3n) is 5.49. The normalized spacial score (nSPS) is 28.5. The van der Waals surface area contributed by atoms with Crippen molar-refractivity contribution in [2.24, 2.45) is 11.7 Å². The zero-order valence-corrected chi connectivity index (χ0v) is 13.9. The second-order valence-electron chi connectivity index (χ2n) is 6.86. The molecule has 2 aliphatic rings. The van der Waals surface area contributed by atoms with Crippen molar-refractivity contribution >= 4 is 5.91 Å². The summed E-state index contributed by atoms with van der Waals surface area (Å²) in [6, 6.07) is 0.863. The van der Waals surface area contributed by atoms with Crippen LogP contribution in [0.1, 0.15) is 58.8 Å². The van der Waals surface area contributed by atoms with Crippen LogP contribution in [0.15, 0.2) is 0 Å². The standard InChI is InChI=1S/C17H33N3O/c1-3-20(15-9-5-4-6-10-15)17(21)13-19-11-7-8-14(2)16(19)12-18/h14-16H,3-13,18H2,1-2H3. The molecule has 1 saturated carbocycles. The molecule has 0 bridgehead atoms. The summed E-state index contributed by atoms with van der Waals surface area (Å²) in [6.07, 6.45) is 8.71. The van der Waals surface area contributed by atoms with Crippen LogP contribution < -0.4 is 5.73 Å². The highest BCUT2D eigenvalue weighted by Crippen LogP contribution is 2.25. The molecule has 21 heavy (non-hydrogen) atoms. The number of likely N-dealkylation sites (N-methyl/N-ethyl adjacent to an activating group) is 1. The minimum Gasteiger partial charge on any atom is -0.339 e.